The topological polar surface area (TPSA) is 139 Å². The van der Waals surface area contributed by atoms with Crippen molar-refractivity contribution >= 4 is 18.0 Å². The van der Waals surface area contributed by atoms with Crippen LogP contribution in [0.2, 0.25) is 0 Å². The summed E-state index contributed by atoms with van der Waals surface area (Å²) in [6, 6.07) is 6.98. The van der Waals surface area contributed by atoms with Crippen molar-refractivity contribution in [3.05, 3.63) is 41.5 Å². The van der Waals surface area contributed by atoms with E-state index >= 15 is 0 Å². The first-order chi connectivity index (χ1) is 13.9. The molecule has 0 aliphatic carbocycles. The zero-order valence-corrected chi connectivity index (χ0v) is 16.1. The number of nitrogens with one attached hydrogen (secondary N) is 2. The number of methoxy groups -OCH3 is 3. The molecule has 0 atom stereocenters. The number of nitrogens with zero attached hydrogens (tertiary/aromatic N) is 1. The zero-order chi connectivity index (χ0) is 21.4. The van der Waals surface area contributed by atoms with Gasteiger partial charge < -0.3 is 29.7 Å². The first kappa shape index (κ1) is 21.4. The maximum Gasteiger partial charge on any atom is 0.259 e. The van der Waals surface area contributed by atoms with Gasteiger partial charge in [-0.1, -0.05) is 0 Å². The number of aromatic hydroxyl groups is 2. The van der Waals surface area contributed by atoms with Crippen LogP contribution < -0.4 is 25.0 Å². The molecule has 2 amide bonds. The normalized spacial score (nSPS) is 10.4. The molecular formula is C19H21N3O7. The number of rotatable bonds is 8. The van der Waals surface area contributed by atoms with E-state index in [1.54, 1.807) is 0 Å². The highest BCUT2D eigenvalue weighted by Gasteiger charge is 2.17. The fraction of sp³-hybridized carbons (Fsp3) is 0.211. The highest BCUT2D eigenvalue weighted by molar-refractivity contribution is 5.97. The fourth-order valence-electron chi connectivity index (χ4n) is 2.31. The van der Waals surface area contributed by atoms with Gasteiger partial charge in [0.1, 0.15) is 0 Å². The molecule has 2 aromatic carbocycles. The van der Waals surface area contributed by atoms with Gasteiger partial charge in [0.05, 0.1) is 34.1 Å². The number of phenolic OH excluding ortho intramolecular Hbond substituents is 2. The number of hydrazone groups is 1. The second-order valence-electron chi connectivity index (χ2n) is 5.64. The van der Waals surface area contributed by atoms with Crippen LogP contribution in [0, 0.1) is 0 Å². The summed E-state index contributed by atoms with van der Waals surface area (Å²) >= 11 is 0. The van der Waals surface area contributed by atoms with Gasteiger partial charge in [0, 0.05) is 5.56 Å². The minimum Gasteiger partial charge on any atom is -0.504 e. The lowest BCUT2D eigenvalue weighted by molar-refractivity contribution is -0.120. The molecule has 0 fully saturated rings. The Bertz CT molecular complexity index is 903. The first-order valence-corrected chi connectivity index (χ1v) is 8.31. The van der Waals surface area contributed by atoms with Crippen molar-refractivity contribution in [1.29, 1.82) is 0 Å². The van der Waals surface area contributed by atoms with Gasteiger partial charge in [-0.25, -0.2) is 5.43 Å². The summed E-state index contributed by atoms with van der Waals surface area (Å²) in [4.78, 5) is 24.2. The van der Waals surface area contributed by atoms with Crippen LogP contribution in [0.4, 0.5) is 0 Å². The smallest absolute Gasteiger partial charge is 0.259 e. The van der Waals surface area contributed by atoms with Crippen LogP contribution in [0.5, 0.6) is 28.7 Å². The van der Waals surface area contributed by atoms with Crippen molar-refractivity contribution in [3.8, 4) is 28.7 Å². The summed E-state index contributed by atoms with van der Waals surface area (Å²) in [5, 5.41) is 24.8. The van der Waals surface area contributed by atoms with Crippen molar-refractivity contribution in [2.45, 2.75) is 0 Å². The Kier molecular flexibility index (Phi) is 7.24. The summed E-state index contributed by atoms with van der Waals surface area (Å²) in [5.74, 6) is -0.694. The minimum atomic E-state index is -0.565. The lowest BCUT2D eigenvalue weighted by atomic mass is 10.1. The average molecular weight is 403 g/mol. The van der Waals surface area contributed by atoms with Gasteiger partial charge in [0.25, 0.3) is 11.8 Å². The molecule has 0 bridgehead atoms. The molecule has 2 rings (SSSR count). The fourth-order valence-corrected chi connectivity index (χ4v) is 2.31. The number of carbonyl (C=O) groups excluding carboxylic acids is 2. The highest BCUT2D eigenvalue weighted by atomic mass is 16.5. The molecule has 0 unspecified atom stereocenters. The van der Waals surface area contributed by atoms with Crippen molar-refractivity contribution in [2.75, 3.05) is 27.9 Å². The van der Waals surface area contributed by atoms with E-state index < -0.39 is 11.8 Å². The molecule has 0 heterocycles. The summed E-state index contributed by atoms with van der Waals surface area (Å²) in [5.41, 5.74) is 2.92. The van der Waals surface area contributed by atoms with Gasteiger partial charge in [0.15, 0.2) is 23.0 Å². The Balaban J connectivity index is 1.95. The Morgan fingerprint density at radius 3 is 2.21 bits per heavy atom. The van der Waals surface area contributed by atoms with Gasteiger partial charge in [-0.2, -0.15) is 5.10 Å². The molecule has 0 aromatic heterocycles. The number of amides is 2. The third kappa shape index (κ3) is 5.51. The van der Waals surface area contributed by atoms with Crippen LogP contribution in [-0.2, 0) is 4.79 Å². The summed E-state index contributed by atoms with van der Waals surface area (Å²) in [7, 11) is 4.31. The Labute approximate surface area is 166 Å². The molecule has 0 aliphatic heterocycles. The predicted molar refractivity (Wildman–Crippen MR) is 104 cm³/mol. The van der Waals surface area contributed by atoms with Crippen LogP contribution in [0.15, 0.2) is 35.4 Å². The standard InChI is InChI=1S/C19H21N3O7/c1-27-15-7-12(8-16(28-2)18(15)29-3)19(26)20-10-17(25)22-21-9-11-4-5-13(23)14(24)6-11/h4-9,23-24H,10H2,1-3H3,(H,20,26)(H,22,25). The van der Waals surface area contributed by atoms with E-state index in [2.05, 4.69) is 15.8 Å². The van der Waals surface area contributed by atoms with E-state index in [9.17, 15) is 19.8 Å². The summed E-state index contributed by atoms with van der Waals surface area (Å²) in [6.07, 6.45) is 1.28. The number of ether oxygens (including phenoxy) is 3. The van der Waals surface area contributed by atoms with Crippen LogP contribution in [0.25, 0.3) is 0 Å². The number of phenols is 2. The molecule has 0 saturated heterocycles. The molecule has 0 saturated carbocycles. The molecule has 10 nitrogen and oxygen atoms in total. The SMILES string of the molecule is COc1cc(C(=O)NCC(=O)NN=Cc2ccc(O)c(O)c2)cc(OC)c1OC. The molecule has 4 N–H and O–H groups in total. The monoisotopic (exact) mass is 403 g/mol. The third-order valence-electron chi connectivity index (χ3n) is 3.74. The molecule has 29 heavy (non-hydrogen) atoms. The maximum atomic E-state index is 12.3. The van der Waals surface area contributed by atoms with Gasteiger partial charge in [0.2, 0.25) is 5.75 Å². The maximum absolute atomic E-state index is 12.3. The van der Waals surface area contributed by atoms with E-state index in [4.69, 9.17) is 14.2 Å². The van der Waals surface area contributed by atoms with Gasteiger partial charge in [-0.3, -0.25) is 9.59 Å². The second-order valence-corrected chi connectivity index (χ2v) is 5.64. The zero-order valence-electron chi connectivity index (χ0n) is 16.1. The molecule has 0 aliphatic rings. The quantitative estimate of drug-likeness (QED) is 0.293. The molecule has 154 valence electrons. The third-order valence-corrected chi connectivity index (χ3v) is 3.74. The number of carbonyl (C=O) groups is 2. The van der Waals surface area contributed by atoms with Crippen LogP contribution in [-0.4, -0.2) is 56.1 Å². The molecule has 10 heteroatoms. The Morgan fingerprint density at radius 1 is 1.00 bits per heavy atom. The van der Waals surface area contributed by atoms with Crippen LogP contribution in [0.1, 0.15) is 15.9 Å². The Hall–Kier alpha value is -3.95. The molecule has 2 aromatic rings. The number of hydrogen-bond acceptors (Lipinski definition) is 8. The lowest BCUT2D eigenvalue weighted by Gasteiger charge is -2.14. The summed E-state index contributed by atoms with van der Waals surface area (Å²) < 4.78 is 15.6. The van der Waals surface area contributed by atoms with Crippen LogP contribution >= 0.6 is 0 Å². The van der Waals surface area contributed by atoms with E-state index in [1.807, 2.05) is 0 Å². The largest absolute Gasteiger partial charge is 0.504 e. The first-order valence-electron chi connectivity index (χ1n) is 8.31. The van der Waals surface area contributed by atoms with Gasteiger partial charge >= 0.3 is 0 Å². The molecular weight excluding hydrogens is 382 g/mol. The van der Waals surface area contributed by atoms with Gasteiger partial charge in [-0.15, -0.1) is 0 Å². The number of hydrogen-bond donors (Lipinski definition) is 4. The van der Waals surface area contributed by atoms with Gasteiger partial charge in [-0.05, 0) is 35.9 Å². The predicted octanol–water partition coefficient (Wildman–Crippen LogP) is 1.00. The molecule has 0 spiro atoms. The molecule has 0 radical (unpaired) electrons. The van der Waals surface area contributed by atoms with E-state index in [-0.39, 0.29) is 23.6 Å². The van der Waals surface area contributed by atoms with Crippen molar-refractivity contribution in [3.63, 3.8) is 0 Å². The van der Waals surface area contributed by atoms with E-state index in [0.29, 0.717) is 22.8 Å². The van der Waals surface area contributed by atoms with Crippen molar-refractivity contribution < 1.29 is 34.0 Å². The Morgan fingerprint density at radius 2 is 1.66 bits per heavy atom. The van der Waals surface area contributed by atoms with Crippen molar-refractivity contribution in [1.82, 2.24) is 10.7 Å². The average Bonchev–Trinajstić information content (AvgIpc) is 2.73. The highest BCUT2D eigenvalue weighted by Crippen LogP contribution is 2.38. The van der Waals surface area contributed by atoms with E-state index in [1.165, 1.54) is 57.9 Å². The van der Waals surface area contributed by atoms with Crippen molar-refractivity contribution in [2.24, 2.45) is 5.10 Å². The second kappa shape index (κ2) is 9.83. The minimum absolute atomic E-state index is 0.218. The van der Waals surface area contributed by atoms with E-state index in [0.717, 1.165) is 0 Å². The van der Waals surface area contributed by atoms with Crippen LogP contribution in [0.3, 0.4) is 0 Å². The lowest BCUT2D eigenvalue weighted by Crippen LogP contribution is -2.34. The number of benzene rings is 2. The summed E-state index contributed by atoms with van der Waals surface area (Å²) in [6.45, 7) is -0.326.